The number of carbonyl (C=O) groups is 1. The Hall–Kier alpha value is -3.24. The third kappa shape index (κ3) is 4.11. The van der Waals surface area contributed by atoms with Gasteiger partial charge in [-0.3, -0.25) is 19.1 Å². The van der Waals surface area contributed by atoms with Crippen LogP contribution in [0.15, 0.2) is 40.1 Å². The van der Waals surface area contributed by atoms with Crippen LogP contribution in [0.25, 0.3) is 11.0 Å². The molecule has 0 aliphatic carbocycles. The number of nitrogens with one attached hydrogen (secondary N) is 1. The number of benzene rings is 1. The quantitative estimate of drug-likeness (QED) is 0.594. The molecule has 4 rings (SSSR count). The summed E-state index contributed by atoms with van der Waals surface area (Å²) >= 11 is 0. The fourth-order valence-corrected chi connectivity index (χ4v) is 4.10. The molecule has 1 saturated heterocycles. The number of hydrogen-bond donors (Lipinski definition) is 2. The number of aryl methyl sites for hydroxylation is 2. The molecule has 0 radical (unpaired) electrons. The molecule has 1 aliphatic rings. The predicted octanol–water partition coefficient (Wildman–Crippen LogP) is 0.473. The maximum Gasteiger partial charge on any atom is 0.328 e. The molecule has 0 bridgehead atoms. The van der Waals surface area contributed by atoms with Crippen LogP contribution < -0.4 is 11.2 Å². The van der Waals surface area contributed by atoms with Crippen molar-refractivity contribution in [1.29, 1.82) is 0 Å². The number of ether oxygens (including phenoxy) is 1. The van der Waals surface area contributed by atoms with Crippen molar-refractivity contribution < 1.29 is 14.6 Å². The second-order valence-corrected chi connectivity index (χ2v) is 8.51. The lowest BCUT2D eigenvalue weighted by atomic mass is 9.88. The smallest absolute Gasteiger partial charge is 0.328 e. The number of fused-ring (bicyclic) bond motifs is 1. The summed E-state index contributed by atoms with van der Waals surface area (Å²) in [5, 5.41) is 10.9. The topological polar surface area (TPSA) is 122 Å². The Morgan fingerprint density at radius 1 is 1.34 bits per heavy atom. The monoisotopic (exact) mass is 441 g/mol. The Morgan fingerprint density at radius 2 is 2.09 bits per heavy atom. The largest absolute Gasteiger partial charge is 0.388 e. The Bertz CT molecular complexity index is 1270. The molecule has 10 nitrogen and oxygen atoms in total. The highest BCUT2D eigenvalue weighted by molar-refractivity contribution is 5.78. The minimum atomic E-state index is -1.21. The number of piperidine rings is 1. The third-order valence-corrected chi connectivity index (χ3v) is 6.17. The zero-order valence-electron chi connectivity index (χ0n) is 18.4. The van der Waals surface area contributed by atoms with Crippen molar-refractivity contribution in [1.82, 2.24) is 24.0 Å². The van der Waals surface area contributed by atoms with Gasteiger partial charge in [0.25, 0.3) is 5.56 Å². The first-order chi connectivity index (χ1) is 15.2. The molecule has 32 heavy (non-hydrogen) atoms. The van der Waals surface area contributed by atoms with E-state index in [4.69, 9.17) is 4.74 Å². The summed E-state index contributed by atoms with van der Waals surface area (Å²) in [6.07, 6.45) is 1.72. The van der Waals surface area contributed by atoms with E-state index in [2.05, 4.69) is 9.97 Å². The standard InChI is InChI=1S/C22H27N5O5/c1-14-10-27(21(30)24-20(14)29)17-11-26(9-8-22(17,2)31)19(28)13-32-12-18-23-15-6-4-5-7-16(15)25(18)3/h4-7,10,17,31H,8-9,11-13H2,1-3H3,(H,24,29,30)/t17-,22-/m1/s1. The lowest BCUT2D eigenvalue weighted by Gasteiger charge is -2.43. The van der Waals surface area contributed by atoms with Gasteiger partial charge in [-0.05, 0) is 32.4 Å². The van der Waals surface area contributed by atoms with E-state index in [9.17, 15) is 19.5 Å². The summed E-state index contributed by atoms with van der Waals surface area (Å²) in [4.78, 5) is 45.2. The van der Waals surface area contributed by atoms with Crippen LogP contribution >= 0.6 is 0 Å². The highest BCUT2D eigenvalue weighted by atomic mass is 16.5. The SMILES string of the molecule is Cc1cn([C@@H]2CN(C(=O)COCc3nc4ccccc4n3C)CC[C@@]2(C)O)c(=O)[nH]c1=O. The van der Waals surface area contributed by atoms with Crippen LogP contribution in [0.4, 0.5) is 0 Å². The van der Waals surface area contributed by atoms with Gasteiger partial charge in [0.2, 0.25) is 5.91 Å². The third-order valence-electron chi connectivity index (χ3n) is 6.17. The van der Waals surface area contributed by atoms with Crippen molar-refractivity contribution in [3.63, 3.8) is 0 Å². The Kier molecular flexibility index (Phi) is 5.74. The minimum Gasteiger partial charge on any atom is -0.388 e. The fourth-order valence-electron chi connectivity index (χ4n) is 4.10. The molecule has 0 saturated carbocycles. The number of aliphatic hydroxyl groups is 1. The number of imidazole rings is 1. The summed E-state index contributed by atoms with van der Waals surface area (Å²) in [5.41, 5.74) is -0.0834. The Morgan fingerprint density at radius 3 is 2.84 bits per heavy atom. The van der Waals surface area contributed by atoms with E-state index in [1.165, 1.54) is 10.8 Å². The first kappa shape index (κ1) is 22.0. The summed E-state index contributed by atoms with van der Waals surface area (Å²) in [7, 11) is 1.90. The molecule has 0 unspecified atom stereocenters. The molecule has 2 N–H and O–H groups in total. The molecular formula is C22H27N5O5. The molecule has 1 aromatic carbocycles. The number of nitrogens with zero attached hydrogens (tertiary/aromatic N) is 4. The van der Waals surface area contributed by atoms with Crippen LogP contribution in [-0.4, -0.2) is 60.3 Å². The van der Waals surface area contributed by atoms with Crippen molar-refractivity contribution in [2.75, 3.05) is 19.7 Å². The van der Waals surface area contributed by atoms with Gasteiger partial charge in [0.15, 0.2) is 0 Å². The number of para-hydroxylation sites is 2. The highest BCUT2D eigenvalue weighted by Gasteiger charge is 2.40. The van der Waals surface area contributed by atoms with Gasteiger partial charge in [-0.2, -0.15) is 0 Å². The molecule has 0 spiro atoms. The van der Waals surface area contributed by atoms with Crippen LogP contribution in [0, 0.1) is 6.92 Å². The average molecular weight is 441 g/mol. The number of aromatic amines is 1. The van der Waals surface area contributed by atoms with Crippen molar-refractivity contribution in [2.24, 2.45) is 7.05 Å². The number of aromatic nitrogens is 4. The maximum atomic E-state index is 12.8. The van der Waals surface area contributed by atoms with E-state index in [1.807, 2.05) is 35.9 Å². The van der Waals surface area contributed by atoms with E-state index >= 15 is 0 Å². The van der Waals surface area contributed by atoms with Gasteiger partial charge < -0.3 is 19.3 Å². The van der Waals surface area contributed by atoms with E-state index in [-0.39, 0.29) is 25.7 Å². The van der Waals surface area contributed by atoms with Crippen molar-refractivity contribution in [2.45, 2.75) is 38.5 Å². The molecule has 3 heterocycles. The lowest BCUT2D eigenvalue weighted by molar-refractivity contribution is -0.143. The van der Waals surface area contributed by atoms with Gasteiger partial charge in [0.05, 0.1) is 22.7 Å². The van der Waals surface area contributed by atoms with Gasteiger partial charge in [0.1, 0.15) is 19.0 Å². The van der Waals surface area contributed by atoms with Crippen LogP contribution in [-0.2, 0) is 23.2 Å². The second-order valence-electron chi connectivity index (χ2n) is 8.51. The molecule has 10 heteroatoms. The molecule has 1 amide bonds. The average Bonchev–Trinajstić information content (AvgIpc) is 3.06. The summed E-state index contributed by atoms with van der Waals surface area (Å²) in [6.45, 7) is 3.74. The molecule has 170 valence electrons. The Balaban J connectivity index is 1.44. The van der Waals surface area contributed by atoms with Gasteiger partial charge in [0, 0.05) is 31.9 Å². The summed E-state index contributed by atoms with van der Waals surface area (Å²) in [5.74, 6) is 0.479. The van der Waals surface area contributed by atoms with E-state index in [0.29, 0.717) is 24.4 Å². The first-order valence-electron chi connectivity index (χ1n) is 10.5. The molecule has 1 fully saturated rings. The first-order valence-corrected chi connectivity index (χ1v) is 10.5. The number of hydrogen-bond acceptors (Lipinski definition) is 6. The van der Waals surface area contributed by atoms with E-state index < -0.39 is 22.9 Å². The molecular weight excluding hydrogens is 414 g/mol. The van der Waals surface area contributed by atoms with Crippen LogP contribution in [0.2, 0.25) is 0 Å². The highest BCUT2D eigenvalue weighted by Crippen LogP contribution is 2.30. The molecule has 2 aromatic heterocycles. The fraction of sp³-hybridized carbons (Fsp3) is 0.455. The van der Waals surface area contributed by atoms with Crippen LogP contribution in [0.5, 0.6) is 0 Å². The van der Waals surface area contributed by atoms with E-state index in [1.54, 1.807) is 18.7 Å². The Labute approximate surface area is 184 Å². The normalized spacial score (nSPS) is 21.2. The van der Waals surface area contributed by atoms with Gasteiger partial charge >= 0.3 is 5.69 Å². The van der Waals surface area contributed by atoms with Gasteiger partial charge in [-0.15, -0.1) is 0 Å². The predicted molar refractivity (Wildman–Crippen MR) is 117 cm³/mol. The minimum absolute atomic E-state index is 0.132. The lowest BCUT2D eigenvalue weighted by Crippen LogP contribution is -2.55. The summed E-state index contributed by atoms with van der Waals surface area (Å²) < 4.78 is 8.88. The van der Waals surface area contributed by atoms with Crippen LogP contribution in [0.1, 0.15) is 30.8 Å². The maximum absolute atomic E-state index is 12.8. The van der Waals surface area contributed by atoms with E-state index in [0.717, 1.165) is 11.0 Å². The zero-order chi connectivity index (χ0) is 23.0. The summed E-state index contributed by atoms with van der Waals surface area (Å²) in [6, 6.07) is 7.06. The number of likely N-dealkylation sites (tertiary alicyclic amines) is 1. The number of carbonyl (C=O) groups excluding carboxylic acids is 1. The van der Waals surface area contributed by atoms with Gasteiger partial charge in [-0.25, -0.2) is 9.78 Å². The number of rotatable bonds is 5. The van der Waals surface area contributed by atoms with Gasteiger partial charge in [-0.1, -0.05) is 12.1 Å². The van der Waals surface area contributed by atoms with Crippen molar-refractivity contribution in [3.8, 4) is 0 Å². The zero-order valence-corrected chi connectivity index (χ0v) is 18.4. The molecule has 1 aliphatic heterocycles. The molecule has 3 aromatic rings. The number of H-pyrrole nitrogens is 1. The van der Waals surface area contributed by atoms with Crippen molar-refractivity contribution in [3.05, 3.63) is 62.7 Å². The van der Waals surface area contributed by atoms with Crippen LogP contribution in [0.3, 0.4) is 0 Å². The van der Waals surface area contributed by atoms with Crippen molar-refractivity contribution >= 4 is 16.9 Å². The molecule has 2 atom stereocenters. The second kappa shape index (κ2) is 8.36. The number of amides is 1.